The summed E-state index contributed by atoms with van der Waals surface area (Å²) in [7, 11) is 2.82. The minimum absolute atomic E-state index is 0.0546. The van der Waals surface area contributed by atoms with Crippen LogP contribution in [-0.4, -0.2) is 41.7 Å². The number of allylic oxidation sites excluding steroid dienone is 5. The zero-order valence-corrected chi connectivity index (χ0v) is 16.3. The number of barbiturate groups is 1. The quantitative estimate of drug-likeness (QED) is 0.538. The molecule has 2 rings (SSSR count). The minimum Gasteiger partial charge on any atom is -0.268 e. The van der Waals surface area contributed by atoms with Crippen molar-refractivity contribution in [1.29, 1.82) is 0 Å². The van der Waals surface area contributed by atoms with Gasteiger partial charge in [0.05, 0.1) is 0 Å². The van der Waals surface area contributed by atoms with E-state index in [1.165, 1.54) is 14.1 Å². The van der Waals surface area contributed by atoms with E-state index >= 15 is 0 Å². The van der Waals surface area contributed by atoms with Crippen LogP contribution >= 0.6 is 0 Å². The van der Waals surface area contributed by atoms with Gasteiger partial charge in [-0.25, -0.2) is 4.79 Å². The highest BCUT2D eigenvalue weighted by molar-refractivity contribution is 6.29. The molecule has 4 amide bonds. The summed E-state index contributed by atoms with van der Waals surface area (Å²) in [5.74, 6) is -1.03. The maximum absolute atomic E-state index is 12.6. The molecule has 5 heteroatoms. The van der Waals surface area contributed by atoms with E-state index in [4.69, 9.17) is 0 Å². The summed E-state index contributed by atoms with van der Waals surface area (Å²) in [5.41, 5.74) is 1.91. The van der Waals surface area contributed by atoms with Crippen LogP contribution in [0.4, 0.5) is 4.79 Å². The van der Waals surface area contributed by atoms with Crippen LogP contribution in [0.15, 0.2) is 34.9 Å². The Hall–Kier alpha value is -2.17. The van der Waals surface area contributed by atoms with Crippen molar-refractivity contribution in [3.05, 3.63) is 34.9 Å². The van der Waals surface area contributed by atoms with Crippen LogP contribution in [0, 0.1) is 10.8 Å². The predicted octanol–water partition coefficient (Wildman–Crippen LogP) is 3.68. The molecule has 0 aromatic carbocycles. The normalized spacial score (nSPS) is 22.2. The van der Waals surface area contributed by atoms with E-state index < -0.39 is 17.8 Å². The fourth-order valence-electron chi connectivity index (χ4n) is 3.18. The summed E-state index contributed by atoms with van der Waals surface area (Å²) in [6.45, 7) is 10.6. The Balaban J connectivity index is 2.55. The lowest BCUT2D eigenvalue weighted by atomic mass is 9.73. The van der Waals surface area contributed by atoms with Gasteiger partial charge >= 0.3 is 6.03 Å². The topological polar surface area (TPSA) is 57.7 Å². The van der Waals surface area contributed by atoms with Crippen LogP contribution < -0.4 is 0 Å². The Morgan fingerprint density at radius 2 is 1.52 bits per heavy atom. The van der Waals surface area contributed by atoms with Crippen molar-refractivity contribution < 1.29 is 14.4 Å². The minimum atomic E-state index is -0.591. The number of carbonyl (C=O) groups excluding carboxylic acids is 3. The average Bonchev–Trinajstić information content (AvgIpc) is 2.47. The first kappa shape index (κ1) is 19.2. The third kappa shape index (κ3) is 4.09. The van der Waals surface area contributed by atoms with Crippen molar-refractivity contribution in [2.45, 2.75) is 47.5 Å². The number of carbonyl (C=O) groups is 3. The van der Waals surface area contributed by atoms with Crippen LogP contribution in [0.3, 0.4) is 0 Å². The van der Waals surface area contributed by atoms with Gasteiger partial charge in [-0.3, -0.25) is 19.4 Å². The van der Waals surface area contributed by atoms with E-state index in [1.54, 1.807) is 0 Å². The average molecular weight is 344 g/mol. The summed E-state index contributed by atoms with van der Waals surface area (Å²) in [5, 5.41) is 0. The van der Waals surface area contributed by atoms with Crippen LogP contribution in [-0.2, 0) is 9.59 Å². The molecular weight excluding hydrogens is 316 g/mol. The number of nitrogens with zero attached hydrogens (tertiary/aromatic N) is 2. The summed E-state index contributed by atoms with van der Waals surface area (Å²) in [6, 6.07) is -0.591. The van der Waals surface area contributed by atoms with E-state index in [1.807, 2.05) is 6.08 Å². The molecule has 25 heavy (non-hydrogen) atoms. The second kappa shape index (κ2) is 6.28. The van der Waals surface area contributed by atoms with Crippen LogP contribution in [0.1, 0.15) is 47.5 Å². The van der Waals surface area contributed by atoms with Crippen molar-refractivity contribution in [2.24, 2.45) is 10.8 Å². The monoisotopic (exact) mass is 344 g/mol. The van der Waals surface area contributed by atoms with Gasteiger partial charge in [-0.1, -0.05) is 52.8 Å². The lowest BCUT2D eigenvalue weighted by Crippen LogP contribution is -2.53. The number of hydrogen-bond acceptors (Lipinski definition) is 3. The van der Waals surface area contributed by atoms with Gasteiger partial charge in [0, 0.05) is 14.1 Å². The fourth-order valence-corrected chi connectivity index (χ4v) is 3.18. The largest absolute Gasteiger partial charge is 0.333 e. The molecule has 0 bridgehead atoms. The van der Waals surface area contributed by atoms with E-state index in [0.29, 0.717) is 12.0 Å². The zero-order chi connectivity index (χ0) is 19.2. The SMILES string of the molecule is CN1C(=O)C(=C2C=C(/C=C/C(C)(C)C)CC(C)(C)C2)C(=O)N(C)C1=O. The second-order valence-corrected chi connectivity index (χ2v) is 8.85. The molecule has 0 unspecified atom stereocenters. The van der Waals surface area contributed by atoms with E-state index in [0.717, 1.165) is 21.8 Å². The highest BCUT2D eigenvalue weighted by Crippen LogP contribution is 2.40. The molecule has 5 nitrogen and oxygen atoms in total. The van der Waals surface area contributed by atoms with Gasteiger partial charge in [0.15, 0.2) is 0 Å². The molecule has 0 radical (unpaired) electrons. The van der Waals surface area contributed by atoms with Gasteiger partial charge in [0.25, 0.3) is 11.8 Å². The van der Waals surface area contributed by atoms with Crippen molar-refractivity contribution in [3.63, 3.8) is 0 Å². The van der Waals surface area contributed by atoms with Gasteiger partial charge in [-0.05, 0) is 34.8 Å². The number of hydrogen-bond donors (Lipinski definition) is 0. The summed E-state index contributed by atoms with van der Waals surface area (Å²) in [6.07, 6.45) is 7.66. The first-order valence-electron chi connectivity index (χ1n) is 8.55. The Morgan fingerprint density at radius 3 is 2.00 bits per heavy atom. The van der Waals surface area contributed by atoms with Gasteiger partial charge in [-0.2, -0.15) is 0 Å². The molecule has 1 fully saturated rings. The number of likely N-dealkylation sites (N-methyl/N-ethyl adjacent to an activating group) is 2. The summed E-state index contributed by atoms with van der Waals surface area (Å²) in [4.78, 5) is 39.1. The zero-order valence-electron chi connectivity index (χ0n) is 16.3. The molecule has 0 spiro atoms. The van der Waals surface area contributed by atoms with Gasteiger partial charge < -0.3 is 0 Å². The number of urea groups is 1. The molecule has 0 N–H and O–H groups in total. The molecule has 1 aliphatic heterocycles. The van der Waals surface area contributed by atoms with Gasteiger partial charge in [0.1, 0.15) is 5.57 Å². The third-order valence-electron chi connectivity index (χ3n) is 4.44. The van der Waals surface area contributed by atoms with Crippen LogP contribution in [0.5, 0.6) is 0 Å². The molecule has 0 aromatic heterocycles. The molecular formula is C20H28N2O3. The molecule has 0 atom stereocenters. The molecule has 0 saturated carbocycles. The molecule has 1 saturated heterocycles. The van der Waals surface area contributed by atoms with E-state index in [-0.39, 0.29) is 16.4 Å². The first-order chi connectivity index (χ1) is 11.3. The molecule has 1 aliphatic carbocycles. The Bertz CT molecular complexity index is 692. The maximum atomic E-state index is 12.6. The molecule has 2 aliphatic rings. The fraction of sp³-hybridized carbons (Fsp3) is 0.550. The standard InChI is InChI=1S/C20H28N2O3/c1-19(2,3)9-8-13-10-14(12-20(4,5)11-13)15-16(23)21(6)18(25)22(7)17(15)24/h8-10H,11-12H2,1-7H3/b9-8+. The maximum Gasteiger partial charge on any atom is 0.333 e. The lowest BCUT2D eigenvalue weighted by molar-refractivity contribution is -0.134. The Kier molecular flexibility index (Phi) is 4.81. The number of imide groups is 2. The van der Waals surface area contributed by atoms with Crippen molar-refractivity contribution in [3.8, 4) is 0 Å². The van der Waals surface area contributed by atoms with Gasteiger partial charge in [0.2, 0.25) is 0 Å². The van der Waals surface area contributed by atoms with Gasteiger partial charge in [-0.15, -0.1) is 0 Å². The second-order valence-electron chi connectivity index (χ2n) is 8.85. The highest BCUT2D eigenvalue weighted by atomic mass is 16.2. The smallest absolute Gasteiger partial charge is 0.268 e. The number of rotatable bonds is 1. The van der Waals surface area contributed by atoms with E-state index in [9.17, 15) is 14.4 Å². The predicted molar refractivity (Wildman–Crippen MR) is 97.7 cm³/mol. The Labute approximate surface area is 150 Å². The third-order valence-corrected chi connectivity index (χ3v) is 4.44. The van der Waals surface area contributed by atoms with Crippen molar-refractivity contribution in [1.82, 2.24) is 9.80 Å². The van der Waals surface area contributed by atoms with Crippen molar-refractivity contribution >= 4 is 17.8 Å². The summed E-state index contributed by atoms with van der Waals surface area (Å²) < 4.78 is 0. The molecule has 0 aromatic rings. The molecule has 136 valence electrons. The van der Waals surface area contributed by atoms with Crippen molar-refractivity contribution in [2.75, 3.05) is 14.1 Å². The summed E-state index contributed by atoms with van der Waals surface area (Å²) >= 11 is 0. The lowest BCUT2D eigenvalue weighted by Gasteiger charge is -2.35. The van der Waals surface area contributed by atoms with Crippen LogP contribution in [0.2, 0.25) is 0 Å². The Morgan fingerprint density at radius 1 is 1.00 bits per heavy atom. The number of amides is 4. The molecule has 1 heterocycles. The highest BCUT2D eigenvalue weighted by Gasteiger charge is 2.41. The van der Waals surface area contributed by atoms with E-state index in [2.05, 4.69) is 46.8 Å². The first-order valence-corrected chi connectivity index (χ1v) is 8.55. The van der Waals surface area contributed by atoms with Crippen LogP contribution in [0.25, 0.3) is 0 Å².